The van der Waals surface area contributed by atoms with Crippen LogP contribution in [0.4, 0.5) is 23.0 Å². The third-order valence-corrected chi connectivity index (χ3v) is 6.39. The third-order valence-electron chi connectivity index (χ3n) is 6.39. The summed E-state index contributed by atoms with van der Waals surface area (Å²) in [5.74, 6) is 0.521. The third kappa shape index (κ3) is 4.40. The van der Waals surface area contributed by atoms with Crippen molar-refractivity contribution in [1.82, 2.24) is 24.4 Å². The largest absolute Gasteiger partial charge is 0.397 e. The number of benzene rings is 2. The van der Waals surface area contributed by atoms with Crippen molar-refractivity contribution >= 4 is 44.9 Å². The van der Waals surface area contributed by atoms with Crippen LogP contribution < -0.4 is 16.0 Å². The summed E-state index contributed by atoms with van der Waals surface area (Å²) in [6.45, 7) is 3.96. The van der Waals surface area contributed by atoms with Gasteiger partial charge in [-0.05, 0) is 57.4 Å². The van der Waals surface area contributed by atoms with Gasteiger partial charge in [0.2, 0.25) is 5.95 Å². The number of hydrogen-bond donors (Lipinski definition) is 3. The van der Waals surface area contributed by atoms with Crippen LogP contribution >= 0.6 is 0 Å². The van der Waals surface area contributed by atoms with E-state index in [-0.39, 0.29) is 0 Å². The van der Waals surface area contributed by atoms with Crippen LogP contribution in [0.15, 0.2) is 54.9 Å². The number of aromatic amines is 1. The molecule has 3 aromatic heterocycles. The maximum absolute atomic E-state index is 6.41. The molecule has 3 heterocycles. The normalized spacial score (nSPS) is 11.6. The van der Waals surface area contributed by atoms with Gasteiger partial charge in [0.1, 0.15) is 5.65 Å². The van der Waals surface area contributed by atoms with E-state index >= 15 is 0 Å². The average molecular weight is 469 g/mol. The molecule has 2 aromatic carbocycles. The number of nitrogen functional groups attached to an aromatic ring is 1. The zero-order valence-electron chi connectivity index (χ0n) is 20.9. The molecule has 8 nitrogen and oxygen atoms in total. The fraction of sp³-hybridized carbons (Fsp3) is 0.259. The van der Waals surface area contributed by atoms with Crippen molar-refractivity contribution < 1.29 is 0 Å². The number of hydrogen-bond acceptors (Lipinski definition) is 6. The molecule has 0 amide bonds. The van der Waals surface area contributed by atoms with E-state index in [1.54, 1.807) is 0 Å². The Morgan fingerprint density at radius 2 is 1.83 bits per heavy atom. The van der Waals surface area contributed by atoms with E-state index in [2.05, 4.69) is 84.2 Å². The van der Waals surface area contributed by atoms with E-state index in [0.29, 0.717) is 11.6 Å². The number of anilines is 4. The number of rotatable bonds is 7. The molecule has 0 atom stereocenters. The number of nitrogens with two attached hydrogens (primary N) is 1. The molecule has 0 unspecified atom stereocenters. The summed E-state index contributed by atoms with van der Waals surface area (Å²) in [7, 11) is 8.26. The maximum atomic E-state index is 6.41. The Kier molecular flexibility index (Phi) is 5.82. The molecular formula is C27H32N8. The van der Waals surface area contributed by atoms with Crippen LogP contribution in [-0.4, -0.2) is 58.7 Å². The minimum Gasteiger partial charge on any atom is -0.397 e. The predicted octanol–water partition coefficient (Wildman–Crippen LogP) is 4.75. The second-order valence-electron chi connectivity index (χ2n) is 9.43. The van der Waals surface area contributed by atoms with Gasteiger partial charge in [-0.3, -0.25) is 0 Å². The highest BCUT2D eigenvalue weighted by Crippen LogP contribution is 2.35. The SMILES string of the molecule is Cc1ccc2c(c1)c(-c1nc(Nc3ccc(N(C)CCN(C)C)c(N)c3)nc3[nH]ccc13)cn2C. The van der Waals surface area contributed by atoms with Crippen molar-refractivity contribution in [3.8, 4) is 11.3 Å². The van der Waals surface area contributed by atoms with Crippen LogP contribution in [0.1, 0.15) is 5.56 Å². The lowest BCUT2D eigenvalue weighted by Crippen LogP contribution is -2.28. The predicted molar refractivity (Wildman–Crippen MR) is 146 cm³/mol. The molecule has 8 heteroatoms. The summed E-state index contributed by atoms with van der Waals surface area (Å²) >= 11 is 0. The fourth-order valence-corrected chi connectivity index (χ4v) is 4.48. The van der Waals surface area contributed by atoms with Gasteiger partial charge in [-0.25, -0.2) is 4.98 Å². The van der Waals surface area contributed by atoms with Crippen LogP contribution in [-0.2, 0) is 7.05 Å². The molecule has 180 valence electrons. The number of aryl methyl sites for hydroxylation is 2. The Balaban J connectivity index is 1.51. The molecule has 0 saturated heterocycles. The van der Waals surface area contributed by atoms with E-state index in [9.17, 15) is 0 Å². The molecule has 35 heavy (non-hydrogen) atoms. The first-order valence-corrected chi connectivity index (χ1v) is 11.7. The van der Waals surface area contributed by atoms with E-state index < -0.39 is 0 Å². The van der Waals surface area contributed by atoms with Crippen molar-refractivity contribution in [2.45, 2.75) is 6.92 Å². The Morgan fingerprint density at radius 1 is 1.00 bits per heavy atom. The van der Waals surface area contributed by atoms with Gasteiger partial charge >= 0.3 is 0 Å². The maximum Gasteiger partial charge on any atom is 0.229 e. The Bertz CT molecular complexity index is 1510. The van der Waals surface area contributed by atoms with Gasteiger partial charge in [0, 0.05) is 67.1 Å². The molecular weight excluding hydrogens is 436 g/mol. The van der Waals surface area contributed by atoms with Crippen LogP contribution in [0, 0.1) is 6.92 Å². The smallest absolute Gasteiger partial charge is 0.229 e. The second kappa shape index (κ2) is 8.96. The average Bonchev–Trinajstić information content (AvgIpc) is 3.41. The summed E-state index contributed by atoms with van der Waals surface area (Å²) in [6.07, 6.45) is 4.04. The van der Waals surface area contributed by atoms with Crippen molar-refractivity contribution in [3.05, 3.63) is 60.4 Å². The number of H-pyrrole nitrogens is 1. The highest BCUT2D eigenvalue weighted by atomic mass is 15.2. The molecule has 5 aromatic rings. The minimum absolute atomic E-state index is 0.521. The summed E-state index contributed by atoms with van der Waals surface area (Å²) in [4.78, 5) is 17.2. The van der Waals surface area contributed by atoms with Crippen molar-refractivity contribution in [1.29, 1.82) is 0 Å². The van der Waals surface area contributed by atoms with Gasteiger partial charge in [0.05, 0.1) is 17.1 Å². The van der Waals surface area contributed by atoms with E-state index in [1.165, 1.54) is 16.5 Å². The molecule has 0 bridgehead atoms. The first-order chi connectivity index (χ1) is 16.8. The first kappa shape index (κ1) is 22.7. The molecule has 0 spiro atoms. The second-order valence-corrected chi connectivity index (χ2v) is 9.43. The van der Waals surface area contributed by atoms with Gasteiger partial charge < -0.3 is 30.4 Å². The van der Waals surface area contributed by atoms with Crippen LogP contribution in [0.3, 0.4) is 0 Å². The standard InChI is InChI=1S/C27H32N8/c1-17-6-8-23-20(14-17)21(16-35(23)5)25-19-10-11-29-26(19)32-27(31-25)30-18-7-9-24(22(28)15-18)34(4)13-12-33(2)3/h6-11,14-16H,12-13,28H2,1-5H3,(H2,29,30,31,32). The Morgan fingerprint density at radius 3 is 2.60 bits per heavy atom. The molecule has 0 fully saturated rings. The molecule has 0 aliphatic rings. The highest BCUT2D eigenvalue weighted by molar-refractivity contribution is 6.03. The molecule has 0 aliphatic carbocycles. The highest BCUT2D eigenvalue weighted by Gasteiger charge is 2.16. The number of nitrogens with one attached hydrogen (secondary N) is 2. The monoisotopic (exact) mass is 468 g/mol. The van der Waals surface area contributed by atoms with Crippen LogP contribution in [0.5, 0.6) is 0 Å². The molecule has 0 saturated carbocycles. The lowest BCUT2D eigenvalue weighted by molar-refractivity contribution is 0.416. The zero-order valence-corrected chi connectivity index (χ0v) is 20.9. The molecule has 5 rings (SSSR count). The van der Waals surface area contributed by atoms with Gasteiger partial charge in [-0.2, -0.15) is 4.98 Å². The van der Waals surface area contributed by atoms with Gasteiger partial charge in [-0.15, -0.1) is 0 Å². The molecule has 4 N–H and O–H groups in total. The van der Waals surface area contributed by atoms with E-state index in [0.717, 1.165) is 46.8 Å². The van der Waals surface area contributed by atoms with E-state index in [1.807, 2.05) is 30.5 Å². The van der Waals surface area contributed by atoms with Gasteiger partial charge in [0.15, 0.2) is 0 Å². The van der Waals surface area contributed by atoms with E-state index in [4.69, 9.17) is 15.7 Å². The summed E-state index contributed by atoms with van der Waals surface area (Å²) in [5.41, 5.74) is 14.1. The Hall–Kier alpha value is -4.04. The fourth-order valence-electron chi connectivity index (χ4n) is 4.48. The van der Waals surface area contributed by atoms with Crippen molar-refractivity contribution in [2.24, 2.45) is 7.05 Å². The summed E-state index contributed by atoms with van der Waals surface area (Å²) < 4.78 is 2.14. The summed E-state index contributed by atoms with van der Waals surface area (Å²) in [6, 6.07) is 14.5. The van der Waals surface area contributed by atoms with Crippen LogP contribution in [0.2, 0.25) is 0 Å². The number of likely N-dealkylation sites (N-methyl/N-ethyl adjacent to an activating group) is 2. The zero-order chi connectivity index (χ0) is 24.7. The first-order valence-electron chi connectivity index (χ1n) is 11.7. The Labute approximate surface area is 205 Å². The minimum atomic E-state index is 0.521. The lowest BCUT2D eigenvalue weighted by atomic mass is 10.1. The number of fused-ring (bicyclic) bond motifs is 2. The number of nitrogens with zero attached hydrogens (tertiary/aromatic N) is 5. The molecule has 0 aliphatic heterocycles. The topological polar surface area (TPSA) is 91.0 Å². The van der Waals surface area contributed by atoms with Crippen molar-refractivity contribution in [3.63, 3.8) is 0 Å². The van der Waals surface area contributed by atoms with Crippen molar-refractivity contribution in [2.75, 3.05) is 50.2 Å². The number of aromatic nitrogens is 4. The summed E-state index contributed by atoms with van der Waals surface area (Å²) in [5, 5.41) is 5.53. The quantitative estimate of drug-likeness (QED) is 0.299. The van der Waals surface area contributed by atoms with Crippen LogP contribution in [0.25, 0.3) is 33.2 Å². The van der Waals surface area contributed by atoms with Gasteiger partial charge in [-0.1, -0.05) is 11.6 Å². The molecule has 0 radical (unpaired) electrons. The van der Waals surface area contributed by atoms with Gasteiger partial charge in [0.25, 0.3) is 0 Å². The lowest BCUT2D eigenvalue weighted by Gasteiger charge is -2.23.